The van der Waals surface area contributed by atoms with Gasteiger partial charge in [0.1, 0.15) is 0 Å². The summed E-state index contributed by atoms with van der Waals surface area (Å²) in [4.78, 5) is 9.76. The summed E-state index contributed by atoms with van der Waals surface area (Å²) in [6.07, 6.45) is 0. The SMILES string of the molecule is Cc1cc([N+](=O)[O-])c(O)c(Br)c1Cl. The fraction of sp³-hybridized carbons (Fsp3) is 0.143. The van der Waals surface area contributed by atoms with E-state index in [0.29, 0.717) is 5.56 Å². The quantitative estimate of drug-likeness (QED) is 0.628. The van der Waals surface area contributed by atoms with E-state index in [-0.39, 0.29) is 15.2 Å². The van der Waals surface area contributed by atoms with Gasteiger partial charge in [0.05, 0.1) is 14.4 Å². The normalized spacial score (nSPS) is 10.1. The molecule has 0 aliphatic carbocycles. The minimum Gasteiger partial charge on any atom is -0.501 e. The lowest BCUT2D eigenvalue weighted by Crippen LogP contribution is -1.91. The van der Waals surface area contributed by atoms with Crippen LogP contribution in [0.1, 0.15) is 5.56 Å². The number of aryl methyl sites for hydroxylation is 1. The van der Waals surface area contributed by atoms with Crippen molar-refractivity contribution in [3.05, 3.63) is 31.2 Å². The molecule has 70 valence electrons. The van der Waals surface area contributed by atoms with Gasteiger partial charge in [-0.15, -0.1) is 0 Å². The van der Waals surface area contributed by atoms with Crippen LogP contribution in [-0.2, 0) is 0 Å². The molecule has 1 rings (SSSR count). The zero-order chi connectivity index (χ0) is 10.2. The van der Waals surface area contributed by atoms with Crippen molar-refractivity contribution in [1.29, 1.82) is 0 Å². The number of benzene rings is 1. The first kappa shape index (κ1) is 10.3. The van der Waals surface area contributed by atoms with Gasteiger partial charge in [-0.2, -0.15) is 0 Å². The van der Waals surface area contributed by atoms with Gasteiger partial charge in [0.2, 0.25) is 5.75 Å². The molecule has 0 spiro atoms. The summed E-state index contributed by atoms with van der Waals surface area (Å²) in [6.45, 7) is 1.62. The maximum Gasteiger partial charge on any atom is 0.312 e. The van der Waals surface area contributed by atoms with Crippen molar-refractivity contribution < 1.29 is 10.0 Å². The largest absolute Gasteiger partial charge is 0.501 e. The van der Waals surface area contributed by atoms with Crippen molar-refractivity contribution in [3.8, 4) is 5.75 Å². The van der Waals surface area contributed by atoms with Gasteiger partial charge in [-0.3, -0.25) is 10.1 Å². The maximum atomic E-state index is 10.4. The average molecular weight is 266 g/mol. The molecule has 0 saturated heterocycles. The van der Waals surface area contributed by atoms with Crippen molar-refractivity contribution in [2.24, 2.45) is 0 Å². The van der Waals surface area contributed by atoms with Crippen LogP contribution in [0.5, 0.6) is 5.75 Å². The molecular formula is C7H5BrClNO3. The van der Waals surface area contributed by atoms with Gasteiger partial charge in [-0.1, -0.05) is 11.6 Å². The van der Waals surface area contributed by atoms with Crippen LogP contribution in [0.4, 0.5) is 5.69 Å². The van der Waals surface area contributed by atoms with E-state index in [1.165, 1.54) is 6.07 Å². The molecule has 13 heavy (non-hydrogen) atoms. The highest BCUT2D eigenvalue weighted by atomic mass is 79.9. The molecule has 0 radical (unpaired) electrons. The van der Waals surface area contributed by atoms with E-state index in [1.54, 1.807) is 6.92 Å². The molecule has 0 aliphatic heterocycles. The van der Waals surface area contributed by atoms with Gasteiger partial charge < -0.3 is 5.11 Å². The Morgan fingerprint density at radius 1 is 1.69 bits per heavy atom. The number of nitro benzene ring substituents is 1. The molecule has 1 aromatic carbocycles. The molecule has 1 N–H and O–H groups in total. The molecule has 0 fully saturated rings. The Bertz CT molecular complexity index is 380. The van der Waals surface area contributed by atoms with Gasteiger partial charge in [-0.05, 0) is 28.4 Å². The van der Waals surface area contributed by atoms with Gasteiger partial charge in [-0.25, -0.2) is 0 Å². The van der Waals surface area contributed by atoms with E-state index in [0.717, 1.165) is 0 Å². The Morgan fingerprint density at radius 2 is 2.23 bits per heavy atom. The van der Waals surface area contributed by atoms with Crippen LogP contribution in [-0.4, -0.2) is 10.0 Å². The Balaban J connectivity index is 3.50. The van der Waals surface area contributed by atoms with Crippen molar-refractivity contribution in [2.75, 3.05) is 0 Å². The summed E-state index contributed by atoms with van der Waals surface area (Å²) in [5.41, 5.74) is 0.187. The zero-order valence-electron chi connectivity index (χ0n) is 6.54. The van der Waals surface area contributed by atoms with Crippen LogP contribution in [0.2, 0.25) is 5.02 Å². The molecule has 0 atom stereocenters. The number of phenolic OH excluding ortho intramolecular Hbond substituents is 1. The highest BCUT2D eigenvalue weighted by molar-refractivity contribution is 9.10. The smallest absolute Gasteiger partial charge is 0.312 e. The minimum absolute atomic E-state index is 0.154. The summed E-state index contributed by atoms with van der Waals surface area (Å²) in [7, 11) is 0. The van der Waals surface area contributed by atoms with Crippen LogP contribution >= 0.6 is 27.5 Å². The number of hydrogen-bond acceptors (Lipinski definition) is 3. The Hall–Kier alpha value is -0.810. The van der Waals surface area contributed by atoms with Crippen LogP contribution in [0.25, 0.3) is 0 Å². The van der Waals surface area contributed by atoms with Crippen LogP contribution in [0.15, 0.2) is 10.5 Å². The molecule has 4 nitrogen and oxygen atoms in total. The van der Waals surface area contributed by atoms with Crippen LogP contribution < -0.4 is 0 Å². The molecule has 0 bridgehead atoms. The molecule has 0 unspecified atom stereocenters. The van der Waals surface area contributed by atoms with Gasteiger partial charge in [0.25, 0.3) is 0 Å². The summed E-state index contributed by atoms with van der Waals surface area (Å²) in [5.74, 6) is -0.444. The summed E-state index contributed by atoms with van der Waals surface area (Å²) >= 11 is 8.69. The number of phenols is 1. The van der Waals surface area contributed by atoms with Gasteiger partial charge in [0, 0.05) is 6.07 Å². The molecule has 0 amide bonds. The predicted octanol–water partition coefficient (Wildman–Crippen LogP) is 3.02. The number of nitrogens with zero attached hydrogens (tertiary/aromatic N) is 1. The lowest BCUT2D eigenvalue weighted by molar-refractivity contribution is -0.386. The molecule has 0 saturated carbocycles. The summed E-state index contributed by atoms with van der Waals surface area (Å²) < 4.78 is 0.154. The zero-order valence-corrected chi connectivity index (χ0v) is 8.89. The second kappa shape index (κ2) is 3.51. The van der Waals surface area contributed by atoms with Gasteiger partial charge in [0.15, 0.2) is 0 Å². The first-order valence-corrected chi connectivity index (χ1v) is 4.44. The van der Waals surface area contributed by atoms with Crippen molar-refractivity contribution in [1.82, 2.24) is 0 Å². The van der Waals surface area contributed by atoms with E-state index in [1.807, 2.05) is 0 Å². The second-order valence-corrected chi connectivity index (χ2v) is 3.62. The van der Waals surface area contributed by atoms with E-state index in [2.05, 4.69) is 15.9 Å². The van der Waals surface area contributed by atoms with E-state index >= 15 is 0 Å². The molecule has 1 aromatic rings. The first-order valence-electron chi connectivity index (χ1n) is 3.27. The Labute approximate surface area is 87.4 Å². The second-order valence-electron chi connectivity index (χ2n) is 2.45. The number of nitro groups is 1. The number of aromatic hydroxyl groups is 1. The fourth-order valence-electron chi connectivity index (χ4n) is 0.865. The number of rotatable bonds is 1. The molecule has 0 heterocycles. The molecule has 6 heteroatoms. The standard InChI is InChI=1S/C7H5BrClNO3/c1-3-2-4(10(12)13)7(11)5(8)6(3)9/h2,11H,1H3. The summed E-state index contributed by atoms with van der Waals surface area (Å²) in [6, 6.07) is 1.22. The highest BCUT2D eigenvalue weighted by Crippen LogP contribution is 2.40. The Morgan fingerprint density at radius 3 is 2.69 bits per heavy atom. The highest BCUT2D eigenvalue weighted by Gasteiger charge is 2.20. The molecule has 0 aromatic heterocycles. The monoisotopic (exact) mass is 265 g/mol. The predicted molar refractivity (Wildman–Crippen MR) is 52.2 cm³/mol. The lowest BCUT2D eigenvalue weighted by atomic mass is 10.2. The van der Waals surface area contributed by atoms with E-state index in [4.69, 9.17) is 11.6 Å². The third kappa shape index (κ3) is 1.76. The third-order valence-corrected chi connectivity index (χ3v) is 3.03. The van der Waals surface area contributed by atoms with Crippen LogP contribution in [0.3, 0.4) is 0 Å². The van der Waals surface area contributed by atoms with Gasteiger partial charge >= 0.3 is 5.69 Å². The molecular weight excluding hydrogens is 261 g/mol. The minimum atomic E-state index is -0.663. The Kier molecular flexibility index (Phi) is 2.77. The lowest BCUT2D eigenvalue weighted by Gasteiger charge is -2.03. The first-order chi connectivity index (χ1) is 5.95. The fourth-order valence-corrected chi connectivity index (χ4v) is 1.53. The topological polar surface area (TPSA) is 63.4 Å². The van der Waals surface area contributed by atoms with E-state index in [9.17, 15) is 15.2 Å². The summed E-state index contributed by atoms with van der Waals surface area (Å²) in [5, 5.41) is 20.0. The number of halogens is 2. The van der Waals surface area contributed by atoms with Crippen LogP contribution in [0, 0.1) is 17.0 Å². The third-order valence-electron chi connectivity index (χ3n) is 1.54. The van der Waals surface area contributed by atoms with Crippen molar-refractivity contribution in [2.45, 2.75) is 6.92 Å². The van der Waals surface area contributed by atoms with E-state index < -0.39 is 10.7 Å². The maximum absolute atomic E-state index is 10.4. The number of hydrogen-bond donors (Lipinski definition) is 1. The average Bonchev–Trinajstić information content (AvgIpc) is 2.07. The molecule has 0 aliphatic rings. The van der Waals surface area contributed by atoms with Crippen molar-refractivity contribution >= 4 is 33.2 Å². The van der Waals surface area contributed by atoms with Crippen molar-refractivity contribution in [3.63, 3.8) is 0 Å².